The summed E-state index contributed by atoms with van der Waals surface area (Å²) in [6, 6.07) is 0. The van der Waals surface area contributed by atoms with Crippen molar-refractivity contribution in [2.24, 2.45) is 0 Å². The molecule has 0 radical (unpaired) electrons. The Morgan fingerprint density at radius 3 is 1.23 bits per heavy atom. The number of carboxylic acid groups (broad SMARTS) is 1. The summed E-state index contributed by atoms with van der Waals surface area (Å²) < 4.78 is 22.9. The first kappa shape index (κ1) is 66.0. The Bertz CT molecular complexity index is 1310. The molecule has 1 N–H and O–H groups in total. The summed E-state index contributed by atoms with van der Waals surface area (Å²) in [5.41, 5.74) is 0. The van der Waals surface area contributed by atoms with Gasteiger partial charge in [-0.2, -0.15) is 0 Å². The minimum atomic E-state index is -1.52. The van der Waals surface area contributed by atoms with E-state index in [0.717, 1.165) is 83.5 Å². The smallest absolute Gasteiger partial charge is 0.361 e. The van der Waals surface area contributed by atoms with Crippen LogP contribution in [0.15, 0.2) is 60.8 Å². The van der Waals surface area contributed by atoms with Gasteiger partial charge in [-0.15, -0.1) is 0 Å². The topological polar surface area (TPSA) is 108 Å². The quantitative estimate of drug-likeness (QED) is 0.0211. The highest BCUT2D eigenvalue weighted by molar-refractivity contribution is 5.71. The number of rotatable bonds is 52. The van der Waals surface area contributed by atoms with Crippen LogP contribution in [0.25, 0.3) is 0 Å². The SMILES string of the molecule is CC/C=C\C/C=C\C/C=C\C/C=C\C/C=C\CCCCCCCC(=O)OC(COC(=O)CCCCCCCCCCCCCCCCCCCCCCCCC)COC(OCC[N+](C)(C)C)C(=O)O. The second-order valence-electron chi connectivity index (χ2n) is 20.2. The fourth-order valence-electron chi connectivity index (χ4n) is 7.92. The van der Waals surface area contributed by atoms with Crippen LogP contribution in [0.3, 0.4) is 0 Å². The summed E-state index contributed by atoms with van der Waals surface area (Å²) in [5, 5.41) is 9.69. The Labute approximate surface area is 425 Å². The average molecular weight is 972 g/mol. The molecule has 0 aromatic rings. The highest BCUT2D eigenvalue weighted by Crippen LogP contribution is 2.17. The molecule has 0 aromatic carbocycles. The Kier molecular flexibility index (Phi) is 49.1. The van der Waals surface area contributed by atoms with E-state index in [1.807, 2.05) is 21.1 Å². The largest absolute Gasteiger partial charge is 0.477 e. The molecule has 0 heterocycles. The third kappa shape index (κ3) is 52.6. The van der Waals surface area contributed by atoms with E-state index in [4.69, 9.17) is 18.9 Å². The van der Waals surface area contributed by atoms with Gasteiger partial charge in [0, 0.05) is 12.8 Å². The monoisotopic (exact) mass is 971 g/mol. The molecule has 0 saturated carbocycles. The van der Waals surface area contributed by atoms with Crippen molar-refractivity contribution in [2.45, 2.75) is 257 Å². The number of hydrogen-bond acceptors (Lipinski definition) is 7. The number of ether oxygens (including phenoxy) is 4. The van der Waals surface area contributed by atoms with Crippen molar-refractivity contribution in [1.29, 1.82) is 0 Å². The average Bonchev–Trinajstić information content (AvgIpc) is 3.31. The molecule has 2 atom stereocenters. The Morgan fingerprint density at radius 2 is 0.826 bits per heavy atom. The van der Waals surface area contributed by atoms with Gasteiger partial charge in [0.05, 0.1) is 34.4 Å². The first-order valence-electron chi connectivity index (χ1n) is 28.5. The molecule has 0 bridgehead atoms. The van der Waals surface area contributed by atoms with Crippen LogP contribution in [-0.4, -0.2) is 87.4 Å². The first-order valence-corrected chi connectivity index (χ1v) is 28.5. The lowest BCUT2D eigenvalue weighted by Gasteiger charge is -2.25. The number of esters is 2. The number of carboxylic acids is 1. The maximum absolute atomic E-state index is 12.9. The van der Waals surface area contributed by atoms with Gasteiger partial charge in [-0.05, 0) is 57.8 Å². The van der Waals surface area contributed by atoms with Gasteiger partial charge in [0.1, 0.15) is 13.2 Å². The van der Waals surface area contributed by atoms with Gasteiger partial charge in [0.2, 0.25) is 0 Å². The van der Waals surface area contributed by atoms with E-state index < -0.39 is 24.3 Å². The molecular weight excluding hydrogens is 863 g/mol. The fraction of sp³-hybridized carbons (Fsp3) is 0.783. The molecule has 0 aliphatic carbocycles. The number of nitrogens with zero attached hydrogens (tertiary/aromatic N) is 1. The van der Waals surface area contributed by atoms with E-state index in [0.29, 0.717) is 23.9 Å². The van der Waals surface area contributed by atoms with Crippen LogP contribution in [0.5, 0.6) is 0 Å². The van der Waals surface area contributed by atoms with Crippen molar-refractivity contribution in [2.75, 3.05) is 47.5 Å². The van der Waals surface area contributed by atoms with Gasteiger partial charge in [0.25, 0.3) is 6.29 Å². The minimum absolute atomic E-state index is 0.182. The van der Waals surface area contributed by atoms with Crippen LogP contribution in [0.4, 0.5) is 0 Å². The molecule has 0 amide bonds. The van der Waals surface area contributed by atoms with Crippen LogP contribution >= 0.6 is 0 Å². The van der Waals surface area contributed by atoms with Crippen molar-refractivity contribution in [3.8, 4) is 0 Å². The minimum Gasteiger partial charge on any atom is -0.477 e. The van der Waals surface area contributed by atoms with Crippen molar-refractivity contribution >= 4 is 17.9 Å². The van der Waals surface area contributed by atoms with Crippen LogP contribution < -0.4 is 0 Å². The summed E-state index contributed by atoms with van der Waals surface area (Å²) >= 11 is 0. The lowest BCUT2D eigenvalue weighted by Crippen LogP contribution is -2.40. The summed E-state index contributed by atoms with van der Waals surface area (Å²) in [6.45, 7) is 4.76. The molecule has 9 heteroatoms. The van der Waals surface area contributed by atoms with E-state index >= 15 is 0 Å². The lowest BCUT2D eigenvalue weighted by atomic mass is 10.0. The van der Waals surface area contributed by atoms with Crippen LogP contribution in [0, 0.1) is 0 Å². The van der Waals surface area contributed by atoms with Gasteiger partial charge >= 0.3 is 17.9 Å². The van der Waals surface area contributed by atoms with E-state index in [2.05, 4.69) is 74.6 Å². The second kappa shape index (κ2) is 51.3. The van der Waals surface area contributed by atoms with Crippen LogP contribution in [-0.2, 0) is 33.3 Å². The van der Waals surface area contributed by atoms with E-state index in [1.54, 1.807) is 0 Å². The molecule has 0 aliphatic rings. The number of allylic oxidation sites excluding steroid dienone is 10. The molecule has 2 unspecified atom stereocenters. The third-order valence-corrected chi connectivity index (χ3v) is 12.3. The van der Waals surface area contributed by atoms with Crippen LogP contribution in [0.1, 0.15) is 245 Å². The zero-order valence-corrected chi connectivity index (χ0v) is 45.5. The molecule has 9 nitrogen and oxygen atoms in total. The summed E-state index contributed by atoms with van der Waals surface area (Å²) in [6.07, 6.45) is 61.5. The second-order valence-corrected chi connectivity index (χ2v) is 20.2. The van der Waals surface area contributed by atoms with Gasteiger partial charge in [-0.3, -0.25) is 9.59 Å². The number of hydrogen-bond donors (Lipinski definition) is 1. The van der Waals surface area contributed by atoms with Gasteiger partial charge in [-0.25, -0.2) is 4.79 Å². The molecule has 69 heavy (non-hydrogen) atoms. The number of carbonyl (C=O) groups is 3. The van der Waals surface area contributed by atoms with Crippen molar-refractivity contribution in [3.05, 3.63) is 60.8 Å². The Morgan fingerprint density at radius 1 is 0.449 bits per heavy atom. The highest BCUT2D eigenvalue weighted by Gasteiger charge is 2.25. The molecule has 0 aromatic heterocycles. The van der Waals surface area contributed by atoms with E-state index in [9.17, 15) is 19.5 Å². The Balaban J connectivity index is 4.28. The molecular formula is C60H108NO8+. The van der Waals surface area contributed by atoms with Crippen LogP contribution in [0.2, 0.25) is 0 Å². The predicted molar refractivity (Wildman–Crippen MR) is 290 cm³/mol. The lowest BCUT2D eigenvalue weighted by molar-refractivity contribution is -0.870. The maximum Gasteiger partial charge on any atom is 0.361 e. The summed E-state index contributed by atoms with van der Waals surface area (Å²) in [4.78, 5) is 37.4. The number of quaternary nitrogens is 1. The molecule has 0 rings (SSSR count). The first-order chi connectivity index (χ1) is 33.6. The highest BCUT2D eigenvalue weighted by atomic mass is 16.7. The maximum atomic E-state index is 12.9. The van der Waals surface area contributed by atoms with E-state index in [-0.39, 0.29) is 32.2 Å². The number of unbranched alkanes of at least 4 members (excludes halogenated alkanes) is 27. The van der Waals surface area contributed by atoms with Gasteiger partial charge in [-0.1, -0.05) is 235 Å². The molecule has 0 fully saturated rings. The zero-order valence-electron chi connectivity index (χ0n) is 45.5. The van der Waals surface area contributed by atoms with Gasteiger partial charge in [0.15, 0.2) is 6.10 Å². The van der Waals surface area contributed by atoms with Gasteiger partial charge < -0.3 is 28.5 Å². The zero-order chi connectivity index (χ0) is 50.6. The summed E-state index contributed by atoms with van der Waals surface area (Å²) in [5.74, 6) is -2.02. The van der Waals surface area contributed by atoms with Crippen molar-refractivity contribution in [1.82, 2.24) is 0 Å². The molecule has 400 valence electrons. The summed E-state index contributed by atoms with van der Waals surface area (Å²) in [7, 11) is 5.96. The third-order valence-electron chi connectivity index (χ3n) is 12.3. The van der Waals surface area contributed by atoms with E-state index in [1.165, 1.54) is 128 Å². The molecule has 0 aliphatic heterocycles. The number of aliphatic carboxylic acids is 1. The normalized spacial score (nSPS) is 13.2. The fourth-order valence-corrected chi connectivity index (χ4v) is 7.92. The number of carbonyl (C=O) groups excluding carboxylic acids is 2. The Hall–Kier alpha value is -3.01. The van der Waals surface area contributed by atoms with Crippen molar-refractivity contribution < 1.29 is 42.9 Å². The number of likely N-dealkylation sites (N-methyl/N-ethyl adjacent to an activating group) is 1. The predicted octanol–water partition coefficient (Wildman–Crippen LogP) is 16.5. The standard InChI is InChI=1S/C60H107NO8/c1-6-8-10-12-14-16-18-20-22-24-26-28-29-31-32-34-36-38-40-42-44-46-48-50-57(62)67-54-56(55-68-60(59(64)65)66-53-52-61(3,4)5)69-58(63)51-49-47-45-43-41-39-37-35-33-30-27-25-23-21-19-17-15-13-11-9-7-2/h9,11,15,17,21,23,27,30,35,37,56,60H,6-8,10,12-14,16,18-20,22,24-26,28-29,31-34,36,38-55H2,1-5H3/p+1/b11-9-,17-15-,23-21-,30-27-,37-35-. The molecule has 0 saturated heterocycles. The molecule has 0 spiro atoms. The van der Waals surface area contributed by atoms with Crippen molar-refractivity contribution in [3.63, 3.8) is 0 Å².